The number of nitrogens with zero attached hydrogens (tertiary/aromatic N) is 3. The number of rotatable bonds is 10. The zero-order valence-electron chi connectivity index (χ0n) is 18.6. The molecule has 0 spiro atoms. The fourth-order valence-corrected chi connectivity index (χ4v) is 6.27. The van der Waals surface area contributed by atoms with Gasteiger partial charge in [0, 0.05) is 32.7 Å². The first kappa shape index (κ1) is 25.7. The highest BCUT2D eigenvalue weighted by Gasteiger charge is 2.23. The molecule has 0 unspecified atom stereocenters. The third kappa shape index (κ3) is 5.26. The molecule has 0 radical (unpaired) electrons. The normalized spacial score (nSPS) is 12.2. The van der Waals surface area contributed by atoms with Gasteiger partial charge in [-0.25, -0.2) is 26.1 Å². The van der Waals surface area contributed by atoms with Gasteiger partial charge in [-0.3, -0.25) is 10.1 Å². The summed E-state index contributed by atoms with van der Waals surface area (Å²) >= 11 is 1.14. The number of amides is 1. The number of hydrogen-bond acceptors (Lipinski definition) is 7. The van der Waals surface area contributed by atoms with Crippen LogP contribution >= 0.6 is 11.3 Å². The fraction of sp³-hybridized carbons (Fsp3) is 0.182. The molecule has 0 bridgehead atoms. The average molecular weight is 521 g/mol. The third-order valence-electron chi connectivity index (χ3n) is 4.78. The summed E-state index contributed by atoms with van der Waals surface area (Å²) in [7, 11) is -4.47. The van der Waals surface area contributed by atoms with Crippen molar-refractivity contribution in [3.8, 4) is 0 Å². The van der Waals surface area contributed by atoms with Gasteiger partial charge in [-0.15, -0.1) is 13.2 Å². The largest absolute Gasteiger partial charge is 0.298 e. The number of thiazole rings is 1. The van der Waals surface area contributed by atoms with E-state index in [4.69, 9.17) is 0 Å². The molecule has 34 heavy (non-hydrogen) atoms. The van der Waals surface area contributed by atoms with E-state index >= 15 is 0 Å². The van der Waals surface area contributed by atoms with E-state index in [1.807, 2.05) is 0 Å². The summed E-state index contributed by atoms with van der Waals surface area (Å²) in [6.07, 6.45) is 2.97. The van der Waals surface area contributed by atoms with Gasteiger partial charge in [0.25, 0.3) is 5.91 Å². The number of anilines is 1. The summed E-state index contributed by atoms with van der Waals surface area (Å²) in [6, 6.07) is 10.1. The van der Waals surface area contributed by atoms with Crippen LogP contribution in [-0.2, 0) is 20.0 Å². The molecule has 1 heterocycles. The SMILES string of the molecule is C=CCN(CC=C)S(=O)(=O)c1ccc(C(=O)Nc2nc3ccc(S(=O)(=O)N(C)C)cc3s2)cc1. The lowest BCUT2D eigenvalue weighted by Gasteiger charge is -2.19. The highest BCUT2D eigenvalue weighted by atomic mass is 32.2. The van der Waals surface area contributed by atoms with Crippen molar-refractivity contribution < 1.29 is 21.6 Å². The van der Waals surface area contributed by atoms with Crippen LogP contribution in [0.15, 0.2) is 77.6 Å². The van der Waals surface area contributed by atoms with Crippen LogP contribution in [-0.4, -0.2) is 63.5 Å². The molecular formula is C22H24N4O5S3. The van der Waals surface area contributed by atoms with E-state index in [9.17, 15) is 21.6 Å². The number of sulfonamides is 2. The molecule has 2 aromatic carbocycles. The van der Waals surface area contributed by atoms with E-state index in [2.05, 4.69) is 23.5 Å². The fourth-order valence-electron chi connectivity index (χ4n) is 2.99. The minimum absolute atomic E-state index is 0.0439. The van der Waals surface area contributed by atoms with Crippen molar-refractivity contribution in [3.05, 3.63) is 73.3 Å². The Morgan fingerprint density at radius 2 is 1.56 bits per heavy atom. The standard InChI is InChI=1S/C22H24N4O5S3/c1-5-13-26(14-6-2)34(30,31)17-9-7-16(8-10-17)21(27)24-22-23-19-12-11-18(15-20(19)32-22)33(28,29)25(3)4/h5-12,15H,1-2,13-14H2,3-4H3,(H,23,24,27). The quantitative estimate of drug-likeness (QED) is 0.411. The maximum atomic E-state index is 12.8. The minimum atomic E-state index is -3.77. The smallest absolute Gasteiger partial charge is 0.257 e. The van der Waals surface area contributed by atoms with Gasteiger partial charge in [-0.2, -0.15) is 4.31 Å². The lowest BCUT2D eigenvalue weighted by molar-refractivity contribution is 0.102. The second kappa shape index (κ2) is 10.2. The molecule has 0 aliphatic rings. The molecule has 0 aliphatic carbocycles. The summed E-state index contributed by atoms with van der Waals surface area (Å²) in [4.78, 5) is 17.2. The molecule has 1 aromatic heterocycles. The van der Waals surface area contributed by atoms with Crippen LogP contribution < -0.4 is 5.32 Å². The lowest BCUT2D eigenvalue weighted by atomic mass is 10.2. The van der Waals surface area contributed by atoms with E-state index in [1.165, 1.54) is 67.0 Å². The van der Waals surface area contributed by atoms with Gasteiger partial charge >= 0.3 is 0 Å². The Kier molecular flexibility index (Phi) is 7.68. The van der Waals surface area contributed by atoms with Gasteiger partial charge in [0.05, 0.1) is 20.0 Å². The maximum absolute atomic E-state index is 12.8. The van der Waals surface area contributed by atoms with Crippen LogP contribution in [0.4, 0.5) is 5.13 Å². The molecular weight excluding hydrogens is 496 g/mol. The Bertz CT molecular complexity index is 1430. The van der Waals surface area contributed by atoms with E-state index in [0.29, 0.717) is 15.3 Å². The van der Waals surface area contributed by atoms with Gasteiger partial charge in [-0.05, 0) is 42.5 Å². The van der Waals surface area contributed by atoms with Gasteiger partial charge in [-0.1, -0.05) is 23.5 Å². The summed E-state index contributed by atoms with van der Waals surface area (Å²) < 4.78 is 53.2. The van der Waals surface area contributed by atoms with Crippen molar-refractivity contribution in [1.82, 2.24) is 13.6 Å². The maximum Gasteiger partial charge on any atom is 0.257 e. The number of nitrogens with one attached hydrogen (secondary N) is 1. The molecule has 0 aliphatic heterocycles. The summed E-state index contributed by atoms with van der Waals surface area (Å²) in [5, 5.41) is 2.96. The number of carbonyl (C=O) groups excluding carboxylic acids is 1. The third-order valence-corrected chi connectivity index (χ3v) is 9.37. The zero-order valence-corrected chi connectivity index (χ0v) is 21.1. The molecule has 180 valence electrons. The Morgan fingerprint density at radius 1 is 0.971 bits per heavy atom. The van der Waals surface area contributed by atoms with E-state index < -0.39 is 26.0 Å². The molecule has 9 nitrogen and oxygen atoms in total. The molecule has 3 rings (SSSR count). The summed E-state index contributed by atoms with van der Waals surface area (Å²) in [5.41, 5.74) is 0.789. The van der Waals surface area contributed by atoms with E-state index in [0.717, 1.165) is 15.6 Å². The summed E-state index contributed by atoms with van der Waals surface area (Å²) in [5.74, 6) is -0.474. The van der Waals surface area contributed by atoms with Crippen molar-refractivity contribution in [1.29, 1.82) is 0 Å². The van der Waals surface area contributed by atoms with Crippen LogP contribution in [0, 0.1) is 0 Å². The number of aromatic nitrogens is 1. The number of carbonyl (C=O) groups is 1. The van der Waals surface area contributed by atoms with Gasteiger partial charge in [0.2, 0.25) is 20.0 Å². The van der Waals surface area contributed by atoms with E-state index in [-0.39, 0.29) is 28.4 Å². The number of hydrogen-bond donors (Lipinski definition) is 1. The predicted octanol–water partition coefficient (Wildman–Crippen LogP) is 3.16. The first-order chi connectivity index (χ1) is 16.0. The van der Waals surface area contributed by atoms with Gasteiger partial charge in [0.15, 0.2) is 5.13 Å². The average Bonchev–Trinajstić information content (AvgIpc) is 3.20. The topological polar surface area (TPSA) is 117 Å². The molecule has 0 saturated carbocycles. The molecule has 1 amide bonds. The monoisotopic (exact) mass is 520 g/mol. The van der Waals surface area contributed by atoms with Gasteiger partial charge < -0.3 is 0 Å². The van der Waals surface area contributed by atoms with Crippen LogP contribution in [0.1, 0.15) is 10.4 Å². The van der Waals surface area contributed by atoms with Crippen molar-refractivity contribution in [2.45, 2.75) is 9.79 Å². The summed E-state index contributed by atoms with van der Waals surface area (Å²) in [6.45, 7) is 7.42. The molecule has 0 fully saturated rings. The number of benzene rings is 2. The van der Waals surface area contributed by atoms with Crippen LogP contribution in [0.3, 0.4) is 0 Å². The van der Waals surface area contributed by atoms with E-state index in [1.54, 1.807) is 6.07 Å². The van der Waals surface area contributed by atoms with Crippen molar-refractivity contribution in [2.24, 2.45) is 0 Å². The first-order valence-electron chi connectivity index (χ1n) is 9.97. The molecule has 3 aromatic rings. The lowest BCUT2D eigenvalue weighted by Crippen LogP contribution is -2.31. The molecule has 12 heteroatoms. The van der Waals surface area contributed by atoms with Crippen molar-refractivity contribution in [2.75, 3.05) is 32.5 Å². The highest BCUT2D eigenvalue weighted by Crippen LogP contribution is 2.29. The molecule has 0 atom stereocenters. The first-order valence-corrected chi connectivity index (χ1v) is 13.7. The second-order valence-electron chi connectivity index (χ2n) is 7.31. The zero-order chi connectivity index (χ0) is 25.1. The Balaban J connectivity index is 1.80. The Labute approximate surface area is 203 Å². The predicted molar refractivity (Wildman–Crippen MR) is 134 cm³/mol. The second-order valence-corrected chi connectivity index (χ2v) is 12.4. The molecule has 0 saturated heterocycles. The van der Waals surface area contributed by atoms with Crippen molar-refractivity contribution in [3.63, 3.8) is 0 Å². The van der Waals surface area contributed by atoms with Crippen LogP contribution in [0.5, 0.6) is 0 Å². The molecule has 1 N–H and O–H groups in total. The Hall–Kier alpha value is -2.90. The number of fused-ring (bicyclic) bond motifs is 1. The van der Waals surface area contributed by atoms with Crippen LogP contribution in [0.25, 0.3) is 10.2 Å². The van der Waals surface area contributed by atoms with Gasteiger partial charge in [0.1, 0.15) is 0 Å². The van der Waals surface area contributed by atoms with Crippen molar-refractivity contribution >= 4 is 52.6 Å². The van der Waals surface area contributed by atoms with Crippen LogP contribution in [0.2, 0.25) is 0 Å². The minimum Gasteiger partial charge on any atom is -0.298 e. The highest BCUT2D eigenvalue weighted by molar-refractivity contribution is 7.89. The Morgan fingerprint density at radius 3 is 2.12 bits per heavy atom.